The molecule has 4 aromatic rings. The van der Waals surface area contributed by atoms with Crippen molar-refractivity contribution >= 4 is 28.3 Å². The molecule has 0 aliphatic heterocycles. The summed E-state index contributed by atoms with van der Waals surface area (Å²) in [6.07, 6.45) is 5.16. The molecule has 29 heavy (non-hydrogen) atoms. The van der Waals surface area contributed by atoms with Gasteiger partial charge in [0.2, 0.25) is 11.7 Å². The average Bonchev–Trinajstić information content (AvgIpc) is 3.29. The van der Waals surface area contributed by atoms with Crippen molar-refractivity contribution < 1.29 is 14.0 Å². The van der Waals surface area contributed by atoms with Gasteiger partial charge in [-0.15, -0.1) is 0 Å². The van der Waals surface area contributed by atoms with E-state index in [2.05, 4.69) is 16.4 Å². The van der Waals surface area contributed by atoms with E-state index in [0.717, 1.165) is 27.7 Å². The minimum absolute atomic E-state index is 0.144. The number of nitrogens with one attached hydrogen (secondary N) is 1. The van der Waals surface area contributed by atoms with Crippen LogP contribution in [-0.2, 0) is 18.3 Å². The highest BCUT2D eigenvalue weighted by Gasteiger charge is 2.15. The average molecular weight is 387 g/mol. The predicted octanol–water partition coefficient (Wildman–Crippen LogP) is 4.20. The van der Waals surface area contributed by atoms with Crippen LogP contribution in [0.25, 0.3) is 11.0 Å². The molecule has 0 bridgehead atoms. The number of carbonyl (C=O) groups is 2. The van der Waals surface area contributed by atoms with Crippen LogP contribution in [0, 0.1) is 13.8 Å². The number of anilines is 1. The van der Waals surface area contributed by atoms with Gasteiger partial charge in [0.25, 0.3) is 0 Å². The molecule has 0 radical (unpaired) electrons. The molecule has 146 valence electrons. The lowest BCUT2D eigenvalue weighted by atomic mass is 10.0. The van der Waals surface area contributed by atoms with E-state index in [1.165, 1.54) is 0 Å². The molecule has 1 N–H and O–H groups in total. The van der Waals surface area contributed by atoms with Gasteiger partial charge < -0.3 is 14.3 Å². The van der Waals surface area contributed by atoms with E-state index >= 15 is 0 Å². The Labute approximate surface area is 168 Å². The van der Waals surface area contributed by atoms with Crippen molar-refractivity contribution in [3.05, 3.63) is 83.1 Å². The van der Waals surface area contributed by atoms with Gasteiger partial charge in [0.1, 0.15) is 5.58 Å². The first-order valence-electron chi connectivity index (χ1n) is 9.31. The predicted molar refractivity (Wildman–Crippen MR) is 111 cm³/mol. The van der Waals surface area contributed by atoms with Gasteiger partial charge in [0, 0.05) is 41.6 Å². The number of rotatable bonds is 5. The summed E-state index contributed by atoms with van der Waals surface area (Å²) in [4.78, 5) is 29.0. The smallest absolute Gasteiger partial charge is 0.228 e. The Balaban J connectivity index is 1.46. The van der Waals surface area contributed by atoms with Crippen LogP contribution in [0.5, 0.6) is 0 Å². The van der Waals surface area contributed by atoms with Gasteiger partial charge in [0.15, 0.2) is 5.82 Å². The number of hydrogen-bond acceptors (Lipinski definition) is 4. The largest absolute Gasteiger partial charge is 0.464 e. The standard InChI is InChI=1S/C23H21N3O3/c1-14-10-19-17(13-29-20(19)11-15(14)2)12-21(27)25-18-6-4-16(5-7-18)22(28)23-24-8-9-26(23)3/h4-11,13H,12H2,1-3H3,(H,25,27). The first-order valence-corrected chi connectivity index (χ1v) is 9.31. The zero-order valence-corrected chi connectivity index (χ0v) is 16.5. The fourth-order valence-electron chi connectivity index (χ4n) is 3.27. The van der Waals surface area contributed by atoms with Crippen LogP contribution in [0.3, 0.4) is 0 Å². The summed E-state index contributed by atoms with van der Waals surface area (Å²) < 4.78 is 7.27. The zero-order valence-electron chi connectivity index (χ0n) is 16.5. The summed E-state index contributed by atoms with van der Waals surface area (Å²) >= 11 is 0. The van der Waals surface area contributed by atoms with Crippen LogP contribution in [0.2, 0.25) is 0 Å². The number of ketones is 1. The molecule has 2 aromatic heterocycles. The maximum Gasteiger partial charge on any atom is 0.228 e. The highest BCUT2D eigenvalue weighted by Crippen LogP contribution is 2.25. The van der Waals surface area contributed by atoms with Crippen LogP contribution >= 0.6 is 0 Å². The Kier molecular flexibility index (Phi) is 4.76. The molecule has 0 unspecified atom stereocenters. The van der Waals surface area contributed by atoms with Crippen LogP contribution in [0.1, 0.15) is 32.9 Å². The third-order valence-corrected chi connectivity index (χ3v) is 5.08. The number of benzene rings is 2. The lowest BCUT2D eigenvalue weighted by Crippen LogP contribution is -2.14. The third kappa shape index (κ3) is 3.69. The summed E-state index contributed by atoms with van der Waals surface area (Å²) in [7, 11) is 1.78. The molecule has 1 amide bonds. The van der Waals surface area contributed by atoms with Crippen molar-refractivity contribution in [1.29, 1.82) is 0 Å². The molecule has 0 atom stereocenters. The normalized spacial score (nSPS) is 11.0. The van der Waals surface area contributed by atoms with Crippen molar-refractivity contribution in [3.8, 4) is 0 Å². The number of aryl methyl sites for hydroxylation is 3. The Morgan fingerprint density at radius 1 is 1.10 bits per heavy atom. The first-order chi connectivity index (χ1) is 13.9. The number of hydrogen-bond donors (Lipinski definition) is 1. The SMILES string of the molecule is Cc1cc2occ(CC(=O)Nc3ccc(C(=O)c4nccn4C)cc3)c2cc1C. The van der Waals surface area contributed by atoms with Gasteiger partial charge in [0.05, 0.1) is 12.7 Å². The number of aromatic nitrogens is 2. The monoisotopic (exact) mass is 387 g/mol. The van der Waals surface area contributed by atoms with E-state index in [9.17, 15) is 9.59 Å². The van der Waals surface area contributed by atoms with Gasteiger partial charge in [-0.3, -0.25) is 9.59 Å². The van der Waals surface area contributed by atoms with Gasteiger partial charge in [-0.2, -0.15) is 0 Å². The third-order valence-electron chi connectivity index (χ3n) is 5.08. The van der Waals surface area contributed by atoms with Crippen LogP contribution in [0.4, 0.5) is 5.69 Å². The molecule has 0 aliphatic rings. The van der Waals surface area contributed by atoms with Crippen molar-refractivity contribution in [1.82, 2.24) is 9.55 Å². The fourth-order valence-corrected chi connectivity index (χ4v) is 3.27. The Morgan fingerprint density at radius 3 is 2.52 bits per heavy atom. The van der Waals surface area contributed by atoms with Crippen molar-refractivity contribution in [2.75, 3.05) is 5.32 Å². The number of imidazole rings is 1. The van der Waals surface area contributed by atoms with E-state index in [-0.39, 0.29) is 18.1 Å². The maximum absolute atomic E-state index is 12.5. The first kappa shape index (κ1) is 18.7. The molecule has 0 fully saturated rings. The molecular weight excluding hydrogens is 366 g/mol. The summed E-state index contributed by atoms with van der Waals surface area (Å²) in [5.74, 6) is 0.0687. The fraction of sp³-hybridized carbons (Fsp3) is 0.174. The van der Waals surface area contributed by atoms with Crippen LogP contribution in [0.15, 0.2) is 59.5 Å². The van der Waals surface area contributed by atoms with E-state index in [1.807, 2.05) is 19.9 Å². The minimum atomic E-state index is -0.161. The molecule has 0 saturated carbocycles. The van der Waals surface area contributed by atoms with Gasteiger partial charge in [-0.25, -0.2) is 4.98 Å². The van der Waals surface area contributed by atoms with E-state index in [1.54, 1.807) is 54.5 Å². The Hall–Kier alpha value is -3.67. The zero-order chi connectivity index (χ0) is 20.5. The summed E-state index contributed by atoms with van der Waals surface area (Å²) in [6, 6.07) is 10.8. The summed E-state index contributed by atoms with van der Waals surface area (Å²) in [5, 5.41) is 3.83. The molecule has 2 aromatic carbocycles. The molecule has 0 spiro atoms. The molecule has 6 nitrogen and oxygen atoms in total. The lowest BCUT2D eigenvalue weighted by molar-refractivity contribution is -0.115. The lowest BCUT2D eigenvalue weighted by Gasteiger charge is -2.06. The van der Waals surface area contributed by atoms with Crippen molar-refractivity contribution in [2.45, 2.75) is 20.3 Å². The Bertz CT molecular complexity index is 1220. The number of furan rings is 1. The molecular formula is C23H21N3O3. The molecule has 2 heterocycles. The van der Waals surface area contributed by atoms with Crippen molar-refractivity contribution in [2.24, 2.45) is 7.05 Å². The summed E-state index contributed by atoms with van der Waals surface area (Å²) in [6.45, 7) is 4.07. The van der Waals surface area contributed by atoms with Gasteiger partial charge in [-0.1, -0.05) is 0 Å². The minimum Gasteiger partial charge on any atom is -0.464 e. The van der Waals surface area contributed by atoms with E-state index < -0.39 is 0 Å². The second-order valence-corrected chi connectivity index (χ2v) is 7.19. The van der Waals surface area contributed by atoms with E-state index in [0.29, 0.717) is 17.1 Å². The number of nitrogens with zero attached hydrogens (tertiary/aromatic N) is 2. The van der Waals surface area contributed by atoms with Gasteiger partial charge in [-0.05, 0) is 61.4 Å². The number of amides is 1. The van der Waals surface area contributed by atoms with E-state index in [4.69, 9.17) is 4.42 Å². The Morgan fingerprint density at radius 2 is 1.83 bits per heavy atom. The van der Waals surface area contributed by atoms with Crippen LogP contribution in [-0.4, -0.2) is 21.2 Å². The number of fused-ring (bicyclic) bond motifs is 1. The molecule has 0 saturated heterocycles. The highest BCUT2D eigenvalue weighted by atomic mass is 16.3. The second kappa shape index (κ2) is 7.39. The second-order valence-electron chi connectivity index (χ2n) is 7.19. The quantitative estimate of drug-likeness (QED) is 0.521. The van der Waals surface area contributed by atoms with Crippen LogP contribution < -0.4 is 5.32 Å². The topological polar surface area (TPSA) is 77.1 Å². The summed E-state index contributed by atoms with van der Waals surface area (Å²) in [5.41, 5.74) is 5.10. The number of carbonyl (C=O) groups excluding carboxylic acids is 2. The highest BCUT2D eigenvalue weighted by molar-refractivity contribution is 6.07. The molecule has 6 heteroatoms. The molecule has 0 aliphatic carbocycles. The van der Waals surface area contributed by atoms with Crippen molar-refractivity contribution in [3.63, 3.8) is 0 Å². The maximum atomic E-state index is 12.5. The van der Waals surface area contributed by atoms with Gasteiger partial charge >= 0.3 is 0 Å². The molecule has 4 rings (SSSR count).